The number of urea groups is 1. The van der Waals surface area contributed by atoms with Gasteiger partial charge in [0.05, 0.1) is 30.0 Å². The zero-order chi connectivity index (χ0) is 28.1. The summed E-state index contributed by atoms with van der Waals surface area (Å²) in [6, 6.07) is 14.9. The highest BCUT2D eigenvalue weighted by molar-refractivity contribution is 6.39. The fourth-order valence-electron chi connectivity index (χ4n) is 3.75. The molecule has 4 rings (SSSR count). The van der Waals surface area contributed by atoms with E-state index in [2.05, 4.69) is 5.32 Å². The minimum atomic E-state index is -0.926. The van der Waals surface area contributed by atoms with Gasteiger partial charge in [0, 0.05) is 10.6 Å². The maximum Gasteiger partial charge on any atom is 0.338 e. The van der Waals surface area contributed by atoms with Crippen LogP contribution in [0.1, 0.15) is 28.4 Å². The molecule has 0 atom stereocenters. The van der Waals surface area contributed by atoms with Gasteiger partial charge in [-0.05, 0) is 61.0 Å². The number of carbonyl (C=O) groups is 4. The van der Waals surface area contributed by atoms with E-state index in [-0.39, 0.29) is 46.6 Å². The summed E-state index contributed by atoms with van der Waals surface area (Å²) in [7, 11) is 1.42. The number of nitrogens with one attached hydrogen (secondary N) is 1. The number of hydrogen-bond acceptors (Lipinski definition) is 7. The van der Waals surface area contributed by atoms with Crippen LogP contribution in [0, 0.1) is 0 Å². The molecule has 3 aromatic carbocycles. The van der Waals surface area contributed by atoms with Gasteiger partial charge in [-0.1, -0.05) is 41.4 Å². The molecule has 0 saturated carbocycles. The quantitative estimate of drug-likeness (QED) is 0.219. The molecule has 0 radical (unpaired) electrons. The molecule has 0 spiro atoms. The Hall–Kier alpha value is -4.34. The molecule has 0 bridgehead atoms. The van der Waals surface area contributed by atoms with Gasteiger partial charge in [-0.2, -0.15) is 0 Å². The number of methoxy groups -OCH3 is 1. The first-order valence-electron chi connectivity index (χ1n) is 11.7. The van der Waals surface area contributed by atoms with Crippen LogP contribution in [0.5, 0.6) is 11.5 Å². The number of halogens is 2. The van der Waals surface area contributed by atoms with Gasteiger partial charge >= 0.3 is 12.0 Å². The van der Waals surface area contributed by atoms with Crippen LogP contribution in [0.15, 0.2) is 66.2 Å². The molecule has 9 nitrogen and oxygen atoms in total. The Balaban J connectivity index is 1.61. The summed E-state index contributed by atoms with van der Waals surface area (Å²) in [5, 5.41) is 2.85. The zero-order valence-electron chi connectivity index (χ0n) is 20.8. The van der Waals surface area contributed by atoms with E-state index in [0.29, 0.717) is 10.6 Å². The summed E-state index contributed by atoms with van der Waals surface area (Å²) in [6.07, 6.45) is 1.29. The van der Waals surface area contributed by atoms with E-state index in [9.17, 15) is 19.2 Å². The Morgan fingerprint density at radius 1 is 1.00 bits per heavy atom. The van der Waals surface area contributed by atoms with Crippen molar-refractivity contribution >= 4 is 58.8 Å². The summed E-state index contributed by atoms with van der Waals surface area (Å²) in [5.41, 5.74) is 1.19. The van der Waals surface area contributed by atoms with E-state index < -0.39 is 23.8 Å². The van der Waals surface area contributed by atoms with E-state index in [1.807, 2.05) is 12.1 Å². The molecule has 0 unspecified atom stereocenters. The minimum absolute atomic E-state index is 0.128. The number of nitrogens with zero attached hydrogens (tertiary/aromatic N) is 1. The van der Waals surface area contributed by atoms with Crippen molar-refractivity contribution in [3.05, 3.63) is 93.0 Å². The smallest absolute Gasteiger partial charge is 0.338 e. The van der Waals surface area contributed by atoms with Gasteiger partial charge in [-0.3, -0.25) is 14.9 Å². The lowest BCUT2D eigenvalue weighted by atomic mass is 10.1. The van der Waals surface area contributed by atoms with Crippen molar-refractivity contribution in [1.29, 1.82) is 0 Å². The molecule has 200 valence electrons. The summed E-state index contributed by atoms with van der Waals surface area (Å²) in [4.78, 5) is 51.1. The highest BCUT2D eigenvalue weighted by Crippen LogP contribution is 2.38. The summed E-state index contributed by atoms with van der Waals surface area (Å²) in [5.74, 6) is -1.77. The third-order valence-electron chi connectivity index (χ3n) is 5.63. The van der Waals surface area contributed by atoms with Crippen LogP contribution in [0.3, 0.4) is 0 Å². The van der Waals surface area contributed by atoms with Crippen LogP contribution in [-0.4, -0.2) is 37.5 Å². The monoisotopic (exact) mass is 568 g/mol. The Morgan fingerprint density at radius 3 is 2.38 bits per heavy atom. The van der Waals surface area contributed by atoms with Crippen molar-refractivity contribution in [2.75, 3.05) is 18.6 Å². The Morgan fingerprint density at radius 2 is 1.72 bits per heavy atom. The molecular weight excluding hydrogens is 547 g/mol. The lowest BCUT2D eigenvalue weighted by molar-refractivity contribution is -0.122. The van der Waals surface area contributed by atoms with Gasteiger partial charge in [-0.25, -0.2) is 14.5 Å². The molecule has 1 N–H and O–H groups in total. The van der Waals surface area contributed by atoms with Crippen LogP contribution in [-0.2, 0) is 20.9 Å². The summed E-state index contributed by atoms with van der Waals surface area (Å²) >= 11 is 12.7. The highest BCUT2D eigenvalue weighted by atomic mass is 35.5. The minimum Gasteiger partial charge on any atom is -0.493 e. The maximum absolute atomic E-state index is 13.3. The largest absolute Gasteiger partial charge is 0.493 e. The zero-order valence-corrected chi connectivity index (χ0v) is 22.3. The Kier molecular flexibility index (Phi) is 8.53. The number of esters is 1. The number of hydrogen-bond donors (Lipinski definition) is 1. The predicted molar refractivity (Wildman–Crippen MR) is 145 cm³/mol. The average molecular weight is 569 g/mol. The fraction of sp³-hybridized carbons (Fsp3) is 0.143. The first-order valence-corrected chi connectivity index (χ1v) is 12.4. The molecule has 1 aliphatic heterocycles. The standard InChI is InChI=1S/C28H22Cl2N2O7/c1-3-38-27(35)17-8-10-19(11-9-17)32-26(34)20(25(33)31-28(32)36)12-16-13-22(30)24(23(14-16)37-2)39-15-18-6-4-5-7-21(18)29/h4-14H,3,15H2,1-2H3,(H,31,33,36)/b20-12+. The van der Waals surface area contributed by atoms with Gasteiger partial charge in [0.2, 0.25) is 0 Å². The van der Waals surface area contributed by atoms with Crippen molar-refractivity contribution in [3.8, 4) is 11.5 Å². The topological polar surface area (TPSA) is 111 Å². The molecule has 11 heteroatoms. The lowest BCUT2D eigenvalue weighted by Gasteiger charge is -2.26. The van der Waals surface area contributed by atoms with Crippen molar-refractivity contribution in [2.45, 2.75) is 13.5 Å². The van der Waals surface area contributed by atoms with Gasteiger partial charge in [0.25, 0.3) is 11.8 Å². The molecule has 1 fully saturated rings. The van der Waals surface area contributed by atoms with E-state index >= 15 is 0 Å². The Labute approximate surface area is 233 Å². The van der Waals surface area contributed by atoms with E-state index in [1.165, 1.54) is 49.6 Å². The first kappa shape index (κ1) is 27.7. The molecule has 1 heterocycles. The van der Waals surface area contributed by atoms with E-state index in [1.54, 1.807) is 19.1 Å². The molecule has 4 amide bonds. The van der Waals surface area contributed by atoms with Crippen LogP contribution in [0.2, 0.25) is 10.0 Å². The van der Waals surface area contributed by atoms with E-state index in [0.717, 1.165) is 10.5 Å². The van der Waals surface area contributed by atoms with Crippen LogP contribution >= 0.6 is 23.2 Å². The third kappa shape index (κ3) is 6.05. The van der Waals surface area contributed by atoms with Crippen LogP contribution in [0.25, 0.3) is 6.08 Å². The molecule has 3 aromatic rings. The molecule has 39 heavy (non-hydrogen) atoms. The number of ether oxygens (including phenoxy) is 3. The fourth-order valence-corrected chi connectivity index (χ4v) is 4.21. The number of benzene rings is 3. The number of carbonyl (C=O) groups excluding carboxylic acids is 4. The number of amides is 4. The number of imide groups is 2. The van der Waals surface area contributed by atoms with Gasteiger partial charge in [0.15, 0.2) is 11.5 Å². The van der Waals surface area contributed by atoms with Crippen molar-refractivity contribution in [2.24, 2.45) is 0 Å². The SMILES string of the molecule is CCOC(=O)c1ccc(N2C(=O)NC(=O)/C(=C\c3cc(Cl)c(OCc4ccccc4Cl)c(OC)c3)C2=O)cc1. The normalized spacial score (nSPS) is 14.3. The third-order valence-corrected chi connectivity index (χ3v) is 6.28. The van der Waals surface area contributed by atoms with Crippen molar-refractivity contribution in [1.82, 2.24) is 5.32 Å². The van der Waals surface area contributed by atoms with Crippen LogP contribution < -0.4 is 19.7 Å². The predicted octanol–water partition coefficient (Wildman–Crippen LogP) is 5.42. The summed E-state index contributed by atoms with van der Waals surface area (Å²) in [6.45, 7) is 2.01. The average Bonchev–Trinajstić information content (AvgIpc) is 2.91. The first-order chi connectivity index (χ1) is 18.7. The van der Waals surface area contributed by atoms with Crippen molar-refractivity contribution < 1.29 is 33.4 Å². The Bertz CT molecular complexity index is 1490. The molecule has 0 aliphatic carbocycles. The molecular formula is C28H22Cl2N2O7. The number of rotatable bonds is 8. The van der Waals surface area contributed by atoms with E-state index in [4.69, 9.17) is 37.4 Å². The molecule has 1 saturated heterocycles. The van der Waals surface area contributed by atoms with Gasteiger partial charge in [-0.15, -0.1) is 0 Å². The van der Waals surface area contributed by atoms with Gasteiger partial charge in [0.1, 0.15) is 12.2 Å². The van der Waals surface area contributed by atoms with Crippen molar-refractivity contribution in [3.63, 3.8) is 0 Å². The lowest BCUT2D eigenvalue weighted by Crippen LogP contribution is -2.54. The molecule has 1 aliphatic rings. The second kappa shape index (κ2) is 12.0. The second-order valence-electron chi connectivity index (χ2n) is 8.14. The van der Waals surface area contributed by atoms with Crippen LogP contribution in [0.4, 0.5) is 10.5 Å². The number of barbiturate groups is 1. The highest BCUT2D eigenvalue weighted by Gasteiger charge is 2.37. The number of anilines is 1. The molecule has 0 aromatic heterocycles. The summed E-state index contributed by atoms with van der Waals surface area (Å²) < 4.78 is 16.2. The maximum atomic E-state index is 13.3. The van der Waals surface area contributed by atoms with Gasteiger partial charge < -0.3 is 14.2 Å². The second-order valence-corrected chi connectivity index (χ2v) is 8.95.